The lowest BCUT2D eigenvalue weighted by Crippen LogP contribution is -2.53. The van der Waals surface area contributed by atoms with Crippen molar-refractivity contribution >= 4 is 17.5 Å². The highest BCUT2D eigenvalue weighted by Gasteiger charge is 2.58. The van der Waals surface area contributed by atoms with E-state index in [9.17, 15) is 9.59 Å². The van der Waals surface area contributed by atoms with E-state index in [2.05, 4.69) is 10.2 Å². The predicted octanol–water partition coefficient (Wildman–Crippen LogP) is 1.65. The Hall–Kier alpha value is -2.24. The van der Waals surface area contributed by atoms with E-state index in [4.69, 9.17) is 4.74 Å². The molecule has 0 bridgehead atoms. The van der Waals surface area contributed by atoms with Gasteiger partial charge in [-0.25, -0.2) is 0 Å². The quantitative estimate of drug-likeness (QED) is 0.825. The maximum atomic E-state index is 12.9. The van der Waals surface area contributed by atoms with Crippen LogP contribution in [0.5, 0.6) is 5.75 Å². The number of para-hydroxylation sites is 2. The smallest absolute Gasteiger partial charge is 0.238 e. The molecule has 1 aliphatic heterocycles. The number of ether oxygens (including phenoxy) is 1. The largest absolute Gasteiger partial charge is 0.495 e. The normalized spacial score (nSPS) is 18.9. The highest BCUT2D eigenvalue weighted by Crippen LogP contribution is 2.47. The van der Waals surface area contributed by atoms with Gasteiger partial charge in [0.05, 0.1) is 12.8 Å². The molecule has 1 aromatic carbocycles. The summed E-state index contributed by atoms with van der Waals surface area (Å²) in [5, 5.41) is 2.90. The molecule has 2 amide bonds. The first-order valence-corrected chi connectivity index (χ1v) is 8.96. The Morgan fingerprint density at radius 2 is 1.76 bits per heavy atom. The van der Waals surface area contributed by atoms with E-state index in [-0.39, 0.29) is 17.9 Å². The Morgan fingerprint density at radius 3 is 2.32 bits per heavy atom. The van der Waals surface area contributed by atoms with Crippen LogP contribution in [0.25, 0.3) is 0 Å². The average molecular weight is 345 g/mol. The second kappa shape index (κ2) is 6.94. The fraction of sp³-hybridized carbons (Fsp3) is 0.579. The van der Waals surface area contributed by atoms with Crippen molar-refractivity contribution in [3.63, 3.8) is 0 Å². The molecule has 6 heteroatoms. The molecule has 1 heterocycles. The van der Waals surface area contributed by atoms with E-state index in [1.54, 1.807) is 7.11 Å². The minimum Gasteiger partial charge on any atom is -0.495 e. The first-order chi connectivity index (χ1) is 12.0. The van der Waals surface area contributed by atoms with Gasteiger partial charge in [-0.05, 0) is 38.8 Å². The van der Waals surface area contributed by atoms with Gasteiger partial charge in [-0.2, -0.15) is 0 Å². The summed E-state index contributed by atoms with van der Waals surface area (Å²) in [6, 6.07) is 7.98. The molecule has 2 aliphatic rings. The Bertz CT molecular complexity index is 647. The van der Waals surface area contributed by atoms with Gasteiger partial charge in [-0.3, -0.25) is 9.59 Å². The van der Waals surface area contributed by atoms with Crippen LogP contribution >= 0.6 is 0 Å². The van der Waals surface area contributed by atoms with E-state index in [0.717, 1.165) is 24.5 Å². The van der Waals surface area contributed by atoms with Crippen molar-refractivity contribution in [2.45, 2.75) is 32.7 Å². The number of benzene rings is 1. The third kappa shape index (κ3) is 3.43. The number of piperazine rings is 1. The molecule has 0 aromatic heterocycles. The summed E-state index contributed by atoms with van der Waals surface area (Å²) in [6.45, 7) is 6.60. The number of rotatable bonds is 5. The number of carbonyl (C=O) groups excluding carboxylic acids is 2. The summed E-state index contributed by atoms with van der Waals surface area (Å²) in [5.74, 6) is 0.724. The molecule has 25 heavy (non-hydrogen) atoms. The van der Waals surface area contributed by atoms with Crippen molar-refractivity contribution in [1.82, 2.24) is 10.2 Å². The van der Waals surface area contributed by atoms with E-state index < -0.39 is 5.41 Å². The molecule has 136 valence electrons. The summed E-state index contributed by atoms with van der Waals surface area (Å²) < 4.78 is 5.43. The molecule has 1 aliphatic carbocycles. The first-order valence-electron chi connectivity index (χ1n) is 8.96. The van der Waals surface area contributed by atoms with Gasteiger partial charge in [0, 0.05) is 32.2 Å². The molecule has 1 saturated carbocycles. The lowest BCUT2D eigenvalue weighted by atomic mass is 10.0. The number of methoxy groups -OCH3 is 1. The second-order valence-corrected chi connectivity index (χ2v) is 7.16. The molecule has 1 N–H and O–H groups in total. The highest BCUT2D eigenvalue weighted by atomic mass is 16.5. The van der Waals surface area contributed by atoms with Crippen LogP contribution in [0, 0.1) is 5.41 Å². The lowest BCUT2D eigenvalue weighted by Gasteiger charge is -2.38. The van der Waals surface area contributed by atoms with Crippen molar-refractivity contribution in [3.05, 3.63) is 24.3 Å². The van der Waals surface area contributed by atoms with Gasteiger partial charge in [-0.15, -0.1) is 0 Å². The molecule has 0 radical (unpaired) electrons. The van der Waals surface area contributed by atoms with Gasteiger partial charge in [0.2, 0.25) is 11.8 Å². The number of nitrogens with zero attached hydrogens (tertiary/aromatic N) is 2. The molecule has 0 atom stereocenters. The Balaban J connectivity index is 1.63. The number of hydrogen-bond acceptors (Lipinski definition) is 4. The summed E-state index contributed by atoms with van der Waals surface area (Å²) in [6.07, 6.45) is 1.33. The van der Waals surface area contributed by atoms with Crippen LogP contribution in [0.4, 0.5) is 5.69 Å². The molecule has 6 nitrogen and oxygen atoms in total. The summed E-state index contributed by atoms with van der Waals surface area (Å²) in [4.78, 5) is 29.4. The standard InChI is InChI=1S/C19H27N3O3/c1-14(2)20-17(23)19(8-9-19)18(24)22-12-10-21(11-13-22)15-6-4-5-7-16(15)25-3/h4-7,14H,8-13H2,1-3H3,(H,20,23). The zero-order valence-electron chi connectivity index (χ0n) is 15.2. The molecule has 1 saturated heterocycles. The van der Waals surface area contributed by atoms with Crippen LogP contribution in [0.1, 0.15) is 26.7 Å². The van der Waals surface area contributed by atoms with Crippen molar-refractivity contribution in [2.75, 3.05) is 38.2 Å². The molecular formula is C19H27N3O3. The minimum absolute atomic E-state index is 0.00896. The molecule has 2 fully saturated rings. The van der Waals surface area contributed by atoms with Gasteiger partial charge in [0.1, 0.15) is 11.2 Å². The summed E-state index contributed by atoms with van der Waals surface area (Å²) in [5.41, 5.74) is 0.243. The van der Waals surface area contributed by atoms with Crippen molar-refractivity contribution in [2.24, 2.45) is 5.41 Å². The van der Waals surface area contributed by atoms with Crippen LogP contribution < -0.4 is 15.0 Å². The Morgan fingerprint density at radius 1 is 1.12 bits per heavy atom. The second-order valence-electron chi connectivity index (χ2n) is 7.16. The Kier molecular flexibility index (Phi) is 4.88. The number of amides is 2. The van der Waals surface area contributed by atoms with Crippen LogP contribution in [0.15, 0.2) is 24.3 Å². The van der Waals surface area contributed by atoms with Crippen LogP contribution in [-0.2, 0) is 9.59 Å². The van der Waals surface area contributed by atoms with E-state index in [1.165, 1.54) is 0 Å². The topological polar surface area (TPSA) is 61.9 Å². The van der Waals surface area contributed by atoms with E-state index in [1.807, 2.05) is 43.0 Å². The van der Waals surface area contributed by atoms with Crippen molar-refractivity contribution in [1.29, 1.82) is 0 Å². The molecule has 3 rings (SSSR count). The van der Waals surface area contributed by atoms with Crippen molar-refractivity contribution < 1.29 is 14.3 Å². The zero-order valence-corrected chi connectivity index (χ0v) is 15.2. The van der Waals surface area contributed by atoms with Gasteiger partial charge in [0.15, 0.2) is 0 Å². The average Bonchev–Trinajstić information content (AvgIpc) is 3.42. The fourth-order valence-electron chi connectivity index (χ4n) is 3.41. The number of nitrogens with one attached hydrogen (secondary N) is 1. The van der Waals surface area contributed by atoms with Gasteiger partial charge in [0.25, 0.3) is 0 Å². The number of anilines is 1. The highest BCUT2D eigenvalue weighted by molar-refractivity contribution is 6.08. The summed E-state index contributed by atoms with van der Waals surface area (Å²) >= 11 is 0. The molecule has 0 spiro atoms. The number of carbonyl (C=O) groups is 2. The Labute approximate surface area is 149 Å². The SMILES string of the molecule is COc1ccccc1N1CCN(C(=O)C2(C(=O)NC(C)C)CC2)CC1. The molecule has 0 unspecified atom stereocenters. The van der Waals surface area contributed by atoms with Crippen molar-refractivity contribution in [3.8, 4) is 5.75 Å². The van der Waals surface area contributed by atoms with E-state index in [0.29, 0.717) is 25.9 Å². The third-order valence-electron chi connectivity index (χ3n) is 5.01. The summed E-state index contributed by atoms with van der Waals surface area (Å²) in [7, 11) is 1.67. The predicted molar refractivity (Wildman–Crippen MR) is 96.7 cm³/mol. The van der Waals surface area contributed by atoms with Gasteiger partial charge < -0.3 is 19.9 Å². The van der Waals surface area contributed by atoms with Crippen LogP contribution in [-0.4, -0.2) is 56.0 Å². The molecule has 1 aromatic rings. The monoisotopic (exact) mass is 345 g/mol. The molecular weight excluding hydrogens is 318 g/mol. The zero-order chi connectivity index (χ0) is 18.0. The maximum Gasteiger partial charge on any atom is 0.238 e. The lowest BCUT2D eigenvalue weighted by molar-refractivity contribution is -0.144. The van der Waals surface area contributed by atoms with Crippen LogP contribution in [0.3, 0.4) is 0 Å². The number of hydrogen-bond donors (Lipinski definition) is 1. The van der Waals surface area contributed by atoms with E-state index >= 15 is 0 Å². The van der Waals surface area contributed by atoms with Gasteiger partial charge >= 0.3 is 0 Å². The van der Waals surface area contributed by atoms with Crippen LogP contribution in [0.2, 0.25) is 0 Å². The fourth-order valence-corrected chi connectivity index (χ4v) is 3.41. The van der Waals surface area contributed by atoms with Gasteiger partial charge in [-0.1, -0.05) is 12.1 Å². The third-order valence-corrected chi connectivity index (χ3v) is 5.01. The maximum absolute atomic E-state index is 12.9. The first kappa shape index (κ1) is 17.6. The minimum atomic E-state index is -0.809.